The molecule has 0 radical (unpaired) electrons. The van der Waals surface area contributed by atoms with Crippen molar-refractivity contribution in [3.05, 3.63) is 198 Å². The fourth-order valence-electron chi connectivity index (χ4n) is 10.9. The lowest BCUT2D eigenvalue weighted by Gasteiger charge is -2.36. The molecule has 0 unspecified atom stereocenters. The standard InChI is InChI=1S/C55H45N/c1-54(2)50-28-8-6-24-47(50)49-27-15-26-45(53(49)54)39-19-13-21-41(35-39)56(40-20-12-18-38(34-40)44-25-14-17-37-16-4-5-22-43(37)44)42-30-31-48-46-23-7-9-29-51(46)55(52(48)36-42)32-10-3-11-33-55/h4-9,12-31,34-36H,3,10-11,32-33H2,1-2H3. The third-order valence-electron chi connectivity index (χ3n) is 13.4. The fraction of sp³-hybridized carbons (Fsp3) is 0.164. The van der Waals surface area contributed by atoms with Gasteiger partial charge in [-0.15, -0.1) is 0 Å². The first-order valence-corrected chi connectivity index (χ1v) is 20.5. The summed E-state index contributed by atoms with van der Waals surface area (Å²) in [4.78, 5) is 2.51. The van der Waals surface area contributed by atoms with Gasteiger partial charge in [0.05, 0.1) is 0 Å². The first kappa shape index (κ1) is 33.2. The molecule has 270 valence electrons. The topological polar surface area (TPSA) is 3.24 Å². The lowest BCUT2D eigenvalue weighted by atomic mass is 9.68. The zero-order valence-corrected chi connectivity index (χ0v) is 32.2. The SMILES string of the molecule is CC1(C)c2ccccc2-c2cccc(-c3cccc(N(c4cccc(-c5cccc6ccccc56)c4)c4ccc5c(c4)C4(CCCCC4)c4ccccc4-5)c3)c21. The predicted molar refractivity (Wildman–Crippen MR) is 236 cm³/mol. The van der Waals surface area contributed by atoms with E-state index in [-0.39, 0.29) is 10.8 Å². The molecule has 0 saturated heterocycles. The Morgan fingerprint density at radius 3 is 1.71 bits per heavy atom. The summed E-state index contributed by atoms with van der Waals surface area (Å²) in [7, 11) is 0. The summed E-state index contributed by atoms with van der Waals surface area (Å²) in [6.07, 6.45) is 6.30. The molecule has 0 aliphatic heterocycles. The van der Waals surface area contributed by atoms with Gasteiger partial charge >= 0.3 is 0 Å². The lowest BCUT2D eigenvalue weighted by Crippen LogP contribution is -2.28. The molecule has 0 amide bonds. The molecule has 8 aromatic carbocycles. The van der Waals surface area contributed by atoms with Crippen molar-refractivity contribution in [3.8, 4) is 44.5 Å². The number of benzene rings is 8. The molecule has 1 heteroatoms. The van der Waals surface area contributed by atoms with Crippen molar-refractivity contribution in [2.45, 2.75) is 56.8 Å². The van der Waals surface area contributed by atoms with E-state index in [1.54, 1.807) is 0 Å². The highest BCUT2D eigenvalue weighted by molar-refractivity contribution is 5.98. The zero-order valence-electron chi connectivity index (χ0n) is 32.2. The molecule has 1 nitrogen and oxygen atoms in total. The van der Waals surface area contributed by atoms with E-state index in [0.717, 1.165) is 11.4 Å². The Labute approximate surface area is 330 Å². The zero-order chi connectivity index (χ0) is 37.4. The maximum Gasteiger partial charge on any atom is 0.0467 e. The van der Waals surface area contributed by atoms with E-state index in [9.17, 15) is 0 Å². The molecule has 1 spiro atoms. The third-order valence-corrected chi connectivity index (χ3v) is 13.4. The van der Waals surface area contributed by atoms with Crippen LogP contribution in [0.15, 0.2) is 176 Å². The first-order valence-electron chi connectivity index (χ1n) is 20.5. The molecule has 1 fully saturated rings. The Morgan fingerprint density at radius 1 is 0.393 bits per heavy atom. The van der Waals surface area contributed by atoms with E-state index < -0.39 is 0 Å². The highest BCUT2D eigenvalue weighted by atomic mass is 15.1. The van der Waals surface area contributed by atoms with Gasteiger partial charge in [0.25, 0.3) is 0 Å². The molecule has 1 saturated carbocycles. The van der Waals surface area contributed by atoms with Gasteiger partial charge in [-0.1, -0.05) is 173 Å². The second kappa shape index (κ2) is 12.7. The minimum absolute atomic E-state index is 0.0731. The Hall–Kier alpha value is -6.18. The van der Waals surface area contributed by atoms with Gasteiger partial charge in [0.1, 0.15) is 0 Å². The van der Waals surface area contributed by atoms with Crippen molar-refractivity contribution in [2.75, 3.05) is 4.90 Å². The molecule has 11 rings (SSSR count). The molecule has 0 aromatic heterocycles. The van der Waals surface area contributed by atoms with Crippen LogP contribution < -0.4 is 4.90 Å². The average Bonchev–Trinajstić information content (AvgIpc) is 3.65. The number of hydrogen-bond acceptors (Lipinski definition) is 1. The van der Waals surface area contributed by atoms with Crippen LogP contribution in [0.1, 0.15) is 68.2 Å². The number of hydrogen-bond donors (Lipinski definition) is 0. The number of rotatable bonds is 5. The minimum atomic E-state index is -0.103. The van der Waals surface area contributed by atoms with Crippen LogP contribution in [0.3, 0.4) is 0 Å². The fourth-order valence-corrected chi connectivity index (χ4v) is 10.9. The molecule has 3 aliphatic carbocycles. The second-order valence-electron chi connectivity index (χ2n) is 16.8. The van der Waals surface area contributed by atoms with Crippen molar-refractivity contribution >= 4 is 27.8 Å². The van der Waals surface area contributed by atoms with Gasteiger partial charge < -0.3 is 4.90 Å². The highest BCUT2D eigenvalue weighted by Gasteiger charge is 2.44. The number of anilines is 3. The van der Waals surface area contributed by atoms with E-state index in [1.807, 2.05) is 0 Å². The Bertz CT molecular complexity index is 2830. The molecular formula is C55H45N. The Kier molecular flexibility index (Phi) is 7.52. The summed E-state index contributed by atoms with van der Waals surface area (Å²) >= 11 is 0. The molecule has 0 bridgehead atoms. The number of nitrogens with zero attached hydrogens (tertiary/aromatic N) is 1. The van der Waals surface area contributed by atoms with Crippen LogP contribution in [0, 0.1) is 0 Å². The van der Waals surface area contributed by atoms with Gasteiger partial charge in [0.15, 0.2) is 0 Å². The maximum absolute atomic E-state index is 2.55. The van der Waals surface area contributed by atoms with Crippen molar-refractivity contribution in [2.24, 2.45) is 0 Å². The van der Waals surface area contributed by atoms with Crippen molar-refractivity contribution < 1.29 is 0 Å². The summed E-state index contributed by atoms with van der Waals surface area (Å²) in [6.45, 7) is 4.78. The summed E-state index contributed by atoms with van der Waals surface area (Å²) in [5.74, 6) is 0. The van der Waals surface area contributed by atoms with Crippen molar-refractivity contribution in [1.82, 2.24) is 0 Å². The Balaban J connectivity index is 1.11. The lowest BCUT2D eigenvalue weighted by molar-refractivity contribution is 0.353. The monoisotopic (exact) mass is 719 g/mol. The van der Waals surface area contributed by atoms with Gasteiger partial charge in [-0.25, -0.2) is 0 Å². The van der Waals surface area contributed by atoms with Gasteiger partial charge in [0.2, 0.25) is 0 Å². The summed E-state index contributed by atoms with van der Waals surface area (Å²) in [5.41, 5.74) is 19.9. The molecule has 56 heavy (non-hydrogen) atoms. The van der Waals surface area contributed by atoms with Crippen LogP contribution in [0.4, 0.5) is 17.1 Å². The van der Waals surface area contributed by atoms with Gasteiger partial charge in [-0.3, -0.25) is 0 Å². The van der Waals surface area contributed by atoms with E-state index in [4.69, 9.17) is 0 Å². The van der Waals surface area contributed by atoms with E-state index in [0.29, 0.717) is 0 Å². The van der Waals surface area contributed by atoms with Crippen molar-refractivity contribution in [1.29, 1.82) is 0 Å². The molecular weight excluding hydrogens is 675 g/mol. The maximum atomic E-state index is 2.55. The summed E-state index contributed by atoms with van der Waals surface area (Å²) in [5, 5.41) is 2.54. The van der Waals surface area contributed by atoms with Crippen LogP contribution in [-0.2, 0) is 10.8 Å². The smallest absolute Gasteiger partial charge is 0.0467 e. The van der Waals surface area contributed by atoms with Crippen LogP contribution >= 0.6 is 0 Å². The molecule has 3 aliphatic rings. The van der Waals surface area contributed by atoms with Crippen LogP contribution in [0.5, 0.6) is 0 Å². The quantitative estimate of drug-likeness (QED) is 0.171. The third kappa shape index (κ3) is 4.93. The average molecular weight is 720 g/mol. The van der Waals surface area contributed by atoms with Crippen LogP contribution in [0.2, 0.25) is 0 Å². The highest BCUT2D eigenvalue weighted by Crippen LogP contribution is 2.57. The Morgan fingerprint density at radius 2 is 0.929 bits per heavy atom. The normalized spacial score (nSPS) is 15.6. The van der Waals surface area contributed by atoms with Gasteiger partial charge in [-0.2, -0.15) is 0 Å². The van der Waals surface area contributed by atoms with Gasteiger partial charge in [-0.05, 0) is 127 Å². The summed E-state index contributed by atoms with van der Waals surface area (Å²) in [6, 6.07) is 66.3. The largest absolute Gasteiger partial charge is 0.310 e. The van der Waals surface area contributed by atoms with E-state index in [2.05, 4.69) is 195 Å². The molecule has 0 N–H and O–H groups in total. The molecule has 0 heterocycles. The molecule has 0 atom stereocenters. The number of fused-ring (bicyclic) bond motifs is 9. The first-order chi connectivity index (χ1) is 27.5. The van der Waals surface area contributed by atoms with Crippen LogP contribution in [-0.4, -0.2) is 0 Å². The van der Waals surface area contributed by atoms with Crippen molar-refractivity contribution in [3.63, 3.8) is 0 Å². The van der Waals surface area contributed by atoms with Gasteiger partial charge in [0, 0.05) is 27.9 Å². The van der Waals surface area contributed by atoms with Crippen LogP contribution in [0.25, 0.3) is 55.3 Å². The van der Waals surface area contributed by atoms with E-state index in [1.165, 1.54) is 115 Å². The predicted octanol–water partition coefficient (Wildman–Crippen LogP) is 15.2. The summed E-state index contributed by atoms with van der Waals surface area (Å²) < 4.78 is 0. The van der Waals surface area contributed by atoms with E-state index >= 15 is 0 Å². The molecule has 8 aromatic rings. The minimum Gasteiger partial charge on any atom is -0.310 e. The second-order valence-corrected chi connectivity index (χ2v) is 16.8.